The van der Waals surface area contributed by atoms with Gasteiger partial charge in [-0.15, -0.1) is 0 Å². The maximum absolute atomic E-state index is 6.73. The van der Waals surface area contributed by atoms with Gasteiger partial charge in [0.2, 0.25) is 0 Å². The first-order valence-corrected chi connectivity index (χ1v) is 10.9. The lowest BCUT2D eigenvalue weighted by molar-refractivity contribution is 0.286. The van der Waals surface area contributed by atoms with Gasteiger partial charge in [0.15, 0.2) is 0 Å². The minimum absolute atomic E-state index is 0.319. The molecule has 0 aromatic heterocycles. The molecule has 0 bridgehead atoms. The number of benzene rings is 5. The third kappa shape index (κ3) is 2.74. The second kappa shape index (κ2) is 6.80. The molecule has 1 nitrogen and oxygen atoms in total. The maximum Gasteiger partial charge on any atom is 0.148 e. The lowest BCUT2D eigenvalue weighted by atomic mass is 9.78. The van der Waals surface area contributed by atoms with Gasteiger partial charge in [-0.2, -0.15) is 0 Å². The summed E-state index contributed by atoms with van der Waals surface area (Å²) in [7, 11) is 0. The number of hydrogen-bond donors (Lipinski definition) is 0. The van der Waals surface area contributed by atoms with Crippen molar-refractivity contribution in [1.82, 2.24) is 0 Å². The lowest BCUT2D eigenvalue weighted by Crippen LogP contribution is -2.25. The van der Waals surface area contributed by atoms with Crippen molar-refractivity contribution in [3.8, 4) is 0 Å². The Kier molecular flexibility index (Phi) is 4.03. The summed E-state index contributed by atoms with van der Waals surface area (Å²) in [6.45, 7) is 2.26. The summed E-state index contributed by atoms with van der Waals surface area (Å²) in [4.78, 5) is 0. The van der Waals surface area contributed by atoms with E-state index in [1.165, 1.54) is 38.2 Å². The summed E-state index contributed by atoms with van der Waals surface area (Å²) in [5.41, 5.74) is 3.02. The molecule has 5 aromatic carbocycles. The van der Waals surface area contributed by atoms with Gasteiger partial charge in [-0.05, 0) is 45.2 Å². The summed E-state index contributed by atoms with van der Waals surface area (Å²) < 4.78 is 6.73. The molecule has 6 rings (SSSR count). The third-order valence-electron chi connectivity index (χ3n) is 6.82. The summed E-state index contributed by atoms with van der Waals surface area (Å²) >= 11 is 0. The van der Waals surface area contributed by atoms with E-state index in [-0.39, 0.29) is 5.60 Å². The van der Waals surface area contributed by atoms with E-state index < -0.39 is 5.60 Å². The third-order valence-corrected chi connectivity index (χ3v) is 6.82. The molecule has 5 aromatic rings. The molecular formula is C30H24O. The predicted octanol–water partition coefficient (Wildman–Crippen LogP) is 7.27. The molecule has 1 unspecified atom stereocenters. The molecule has 1 aliphatic heterocycles. The largest absolute Gasteiger partial charge is 0.352 e. The summed E-state index contributed by atoms with van der Waals surface area (Å²) in [6.07, 6.45) is 0.849. The highest BCUT2D eigenvalue weighted by Gasteiger charge is 2.68. The molecule has 1 heterocycles. The van der Waals surface area contributed by atoms with E-state index >= 15 is 0 Å². The second-order valence-electron chi connectivity index (χ2n) is 8.73. The molecule has 0 N–H and O–H groups in total. The first-order chi connectivity index (χ1) is 15.2. The summed E-state index contributed by atoms with van der Waals surface area (Å²) in [5.74, 6) is 0. The molecule has 0 amide bonds. The summed E-state index contributed by atoms with van der Waals surface area (Å²) in [6, 6.07) is 41.1. The molecule has 1 saturated heterocycles. The normalized spacial score (nSPS) is 19.5. The molecule has 1 atom stereocenters. The van der Waals surface area contributed by atoms with E-state index in [0.29, 0.717) is 0 Å². The quantitative estimate of drug-likeness (QED) is 0.228. The Balaban J connectivity index is 1.52. The van der Waals surface area contributed by atoms with Crippen LogP contribution in [0.3, 0.4) is 0 Å². The van der Waals surface area contributed by atoms with Crippen LogP contribution in [0.1, 0.15) is 23.6 Å². The van der Waals surface area contributed by atoms with Crippen LogP contribution in [0, 0.1) is 0 Å². The smallest absolute Gasteiger partial charge is 0.148 e. The fraction of sp³-hybridized carbons (Fsp3) is 0.133. The van der Waals surface area contributed by atoms with Gasteiger partial charge in [-0.25, -0.2) is 0 Å². The van der Waals surface area contributed by atoms with Crippen molar-refractivity contribution in [3.05, 3.63) is 132 Å². The van der Waals surface area contributed by atoms with Crippen LogP contribution in [0.5, 0.6) is 0 Å². The first-order valence-electron chi connectivity index (χ1n) is 10.9. The monoisotopic (exact) mass is 400 g/mol. The average Bonchev–Trinajstić information content (AvgIpc) is 3.46. The molecule has 0 radical (unpaired) electrons. The van der Waals surface area contributed by atoms with Gasteiger partial charge in [0.25, 0.3) is 0 Å². The van der Waals surface area contributed by atoms with E-state index in [1.54, 1.807) is 0 Å². The lowest BCUT2D eigenvalue weighted by Gasteiger charge is -2.20. The van der Waals surface area contributed by atoms with Gasteiger partial charge in [-0.1, -0.05) is 115 Å². The van der Waals surface area contributed by atoms with Crippen molar-refractivity contribution in [2.45, 2.75) is 24.5 Å². The molecule has 31 heavy (non-hydrogen) atoms. The highest BCUT2D eigenvalue weighted by molar-refractivity contribution is 6.09. The topological polar surface area (TPSA) is 12.5 Å². The fourth-order valence-electron chi connectivity index (χ4n) is 5.36. The van der Waals surface area contributed by atoms with Crippen molar-refractivity contribution in [1.29, 1.82) is 0 Å². The van der Waals surface area contributed by atoms with Crippen LogP contribution in [-0.4, -0.2) is 5.60 Å². The zero-order valence-electron chi connectivity index (χ0n) is 17.6. The number of rotatable bonds is 4. The van der Waals surface area contributed by atoms with E-state index in [2.05, 4.69) is 122 Å². The van der Waals surface area contributed by atoms with Crippen molar-refractivity contribution < 1.29 is 4.74 Å². The van der Waals surface area contributed by atoms with Gasteiger partial charge in [0, 0.05) is 6.42 Å². The van der Waals surface area contributed by atoms with Crippen molar-refractivity contribution in [2.75, 3.05) is 0 Å². The molecule has 1 aliphatic rings. The van der Waals surface area contributed by atoms with E-state index in [4.69, 9.17) is 4.74 Å². The minimum atomic E-state index is -0.428. The summed E-state index contributed by atoms with van der Waals surface area (Å²) in [5, 5.41) is 5.21. The highest BCUT2D eigenvalue weighted by atomic mass is 16.6. The van der Waals surface area contributed by atoms with Gasteiger partial charge in [-0.3, -0.25) is 0 Å². The van der Waals surface area contributed by atoms with Gasteiger partial charge >= 0.3 is 0 Å². The van der Waals surface area contributed by atoms with Gasteiger partial charge in [0.1, 0.15) is 11.2 Å². The molecule has 0 saturated carbocycles. The minimum Gasteiger partial charge on any atom is -0.352 e. The number of hydrogen-bond acceptors (Lipinski definition) is 1. The SMILES string of the molecule is CC1(Cc2cc3ccccc3c3ccccc23)OC1(c1ccccc1)c1ccccc1. The van der Waals surface area contributed by atoms with Crippen molar-refractivity contribution >= 4 is 21.5 Å². The Morgan fingerprint density at radius 3 is 1.74 bits per heavy atom. The Morgan fingerprint density at radius 2 is 1.10 bits per heavy atom. The van der Waals surface area contributed by atoms with E-state index in [0.717, 1.165) is 6.42 Å². The number of fused-ring (bicyclic) bond motifs is 3. The Bertz CT molecular complexity index is 1350. The molecule has 150 valence electrons. The average molecular weight is 401 g/mol. The van der Waals surface area contributed by atoms with E-state index in [9.17, 15) is 0 Å². The molecule has 1 heteroatoms. The standard InChI is InChI=1S/C30H24O/c1-29(30(31-29,24-13-4-2-5-14-24)25-15-6-3-7-16-25)21-23-20-22-12-8-9-17-26(22)28-19-11-10-18-27(23)28/h2-20H,21H2,1H3. The van der Waals surface area contributed by atoms with Crippen molar-refractivity contribution in [3.63, 3.8) is 0 Å². The number of ether oxygens (including phenoxy) is 1. The predicted molar refractivity (Wildman–Crippen MR) is 128 cm³/mol. The van der Waals surface area contributed by atoms with Crippen molar-refractivity contribution in [2.24, 2.45) is 0 Å². The van der Waals surface area contributed by atoms with Gasteiger partial charge < -0.3 is 4.74 Å². The van der Waals surface area contributed by atoms with Gasteiger partial charge in [0.05, 0.1) is 0 Å². The second-order valence-corrected chi connectivity index (χ2v) is 8.73. The first kappa shape index (κ1) is 18.4. The molecule has 0 spiro atoms. The fourth-order valence-corrected chi connectivity index (χ4v) is 5.36. The van der Waals surface area contributed by atoms with Crippen LogP contribution in [-0.2, 0) is 16.8 Å². The van der Waals surface area contributed by atoms with Crippen LogP contribution in [0.4, 0.5) is 0 Å². The maximum atomic E-state index is 6.73. The van der Waals surface area contributed by atoms with E-state index in [1.807, 2.05) is 0 Å². The Hall–Kier alpha value is -3.42. The van der Waals surface area contributed by atoms with Crippen LogP contribution in [0.25, 0.3) is 21.5 Å². The Morgan fingerprint density at radius 1 is 0.581 bits per heavy atom. The van der Waals surface area contributed by atoms with Crippen LogP contribution < -0.4 is 0 Å². The molecular weight excluding hydrogens is 376 g/mol. The zero-order valence-corrected chi connectivity index (χ0v) is 17.6. The highest BCUT2D eigenvalue weighted by Crippen LogP contribution is 2.61. The van der Waals surface area contributed by atoms with Crippen LogP contribution in [0.15, 0.2) is 115 Å². The number of epoxide rings is 1. The molecule has 0 aliphatic carbocycles. The zero-order chi connectivity index (χ0) is 20.9. The van der Waals surface area contributed by atoms with Crippen LogP contribution in [0.2, 0.25) is 0 Å². The molecule has 1 fully saturated rings. The van der Waals surface area contributed by atoms with Crippen LogP contribution >= 0.6 is 0 Å². The Labute approximate surface area is 182 Å².